The standard InChI is InChI=1S/C26H21N5O3/c1-17-22(26(33)30-14-18(13-27)15-30)16-31-24(17)23(10-11-28-31)34-21-9-5-6-19(12-21)25(32)29-20-7-3-2-4-8-20/h2-12,16,18H,14-15H2,1H3,(H,29,32). The van der Waals surface area contributed by atoms with Gasteiger partial charge in [-0.3, -0.25) is 9.59 Å². The molecule has 168 valence electrons. The highest BCUT2D eigenvalue weighted by atomic mass is 16.5. The first-order valence-corrected chi connectivity index (χ1v) is 10.8. The van der Waals surface area contributed by atoms with Gasteiger partial charge in [-0.25, -0.2) is 4.52 Å². The van der Waals surface area contributed by atoms with Gasteiger partial charge in [0.2, 0.25) is 0 Å². The molecule has 0 spiro atoms. The van der Waals surface area contributed by atoms with Crippen LogP contribution in [0.15, 0.2) is 73.1 Å². The molecule has 3 heterocycles. The fourth-order valence-corrected chi connectivity index (χ4v) is 3.97. The Hall–Kier alpha value is -4.64. The predicted molar refractivity (Wildman–Crippen MR) is 126 cm³/mol. The molecule has 1 N–H and O–H groups in total. The molecule has 0 radical (unpaired) electrons. The molecule has 1 saturated heterocycles. The maximum absolute atomic E-state index is 12.9. The van der Waals surface area contributed by atoms with Gasteiger partial charge >= 0.3 is 0 Å². The summed E-state index contributed by atoms with van der Waals surface area (Å²) in [5, 5.41) is 16.2. The molecule has 1 aliphatic heterocycles. The number of nitriles is 1. The number of likely N-dealkylation sites (tertiary alicyclic amines) is 1. The second kappa shape index (κ2) is 8.71. The molecule has 1 fully saturated rings. The van der Waals surface area contributed by atoms with Crippen molar-refractivity contribution in [2.75, 3.05) is 18.4 Å². The van der Waals surface area contributed by atoms with Crippen LogP contribution in [0.1, 0.15) is 26.3 Å². The normalized spacial score (nSPS) is 13.2. The van der Waals surface area contributed by atoms with Crippen LogP contribution in [0.2, 0.25) is 0 Å². The number of para-hydroxylation sites is 1. The molecule has 0 aliphatic carbocycles. The molecule has 0 atom stereocenters. The number of hydrogen-bond donors (Lipinski definition) is 1. The molecular weight excluding hydrogens is 430 g/mol. The lowest BCUT2D eigenvalue weighted by Gasteiger charge is -2.35. The lowest BCUT2D eigenvalue weighted by molar-refractivity contribution is 0.0576. The summed E-state index contributed by atoms with van der Waals surface area (Å²) in [6.07, 6.45) is 3.28. The number of rotatable bonds is 5. The summed E-state index contributed by atoms with van der Waals surface area (Å²) in [5.74, 6) is 0.533. The van der Waals surface area contributed by atoms with Crippen LogP contribution in [-0.2, 0) is 0 Å². The molecule has 0 saturated carbocycles. The van der Waals surface area contributed by atoms with Crippen molar-refractivity contribution in [3.05, 3.63) is 89.7 Å². The van der Waals surface area contributed by atoms with Crippen molar-refractivity contribution < 1.29 is 14.3 Å². The number of aromatic nitrogens is 2. The van der Waals surface area contributed by atoms with Crippen LogP contribution in [0.4, 0.5) is 5.69 Å². The minimum Gasteiger partial charge on any atom is -0.455 e. The van der Waals surface area contributed by atoms with Gasteiger partial charge in [0.05, 0.1) is 23.7 Å². The van der Waals surface area contributed by atoms with Gasteiger partial charge < -0.3 is 15.0 Å². The van der Waals surface area contributed by atoms with Crippen LogP contribution in [-0.4, -0.2) is 39.4 Å². The Labute approximate surface area is 196 Å². The number of benzene rings is 2. The number of ether oxygens (including phenoxy) is 1. The number of anilines is 1. The number of fused-ring (bicyclic) bond motifs is 1. The molecule has 0 bridgehead atoms. The number of carbonyl (C=O) groups is 2. The summed E-state index contributed by atoms with van der Waals surface area (Å²) < 4.78 is 7.75. The lowest BCUT2D eigenvalue weighted by Crippen LogP contribution is -2.49. The summed E-state index contributed by atoms with van der Waals surface area (Å²) >= 11 is 0. The van der Waals surface area contributed by atoms with Crippen molar-refractivity contribution in [2.24, 2.45) is 5.92 Å². The third kappa shape index (κ3) is 3.95. The van der Waals surface area contributed by atoms with Crippen molar-refractivity contribution >= 4 is 23.0 Å². The fraction of sp³-hybridized carbons (Fsp3) is 0.154. The SMILES string of the molecule is Cc1c(C(=O)N2CC(C#N)C2)cn2nccc(Oc3cccc(C(=O)Nc4ccccc4)c3)c12. The van der Waals surface area contributed by atoms with Gasteiger partial charge in [-0.2, -0.15) is 10.4 Å². The number of hydrogen-bond acceptors (Lipinski definition) is 5. The molecule has 2 aromatic carbocycles. The molecule has 5 rings (SSSR count). The van der Waals surface area contributed by atoms with E-state index in [1.54, 1.807) is 52.1 Å². The summed E-state index contributed by atoms with van der Waals surface area (Å²) in [6, 6.07) is 20.0. The highest BCUT2D eigenvalue weighted by molar-refractivity contribution is 6.04. The van der Waals surface area contributed by atoms with Crippen molar-refractivity contribution in [1.82, 2.24) is 14.5 Å². The summed E-state index contributed by atoms with van der Waals surface area (Å²) in [5.41, 5.74) is 3.10. The molecule has 2 amide bonds. The zero-order valence-corrected chi connectivity index (χ0v) is 18.4. The third-order valence-electron chi connectivity index (χ3n) is 5.83. The Morgan fingerprint density at radius 3 is 2.68 bits per heavy atom. The average molecular weight is 451 g/mol. The Kier molecular flexibility index (Phi) is 5.44. The van der Waals surface area contributed by atoms with E-state index in [1.165, 1.54) is 0 Å². The molecule has 8 heteroatoms. The second-order valence-electron chi connectivity index (χ2n) is 8.14. The smallest absolute Gasteiger partial charge is 0.255 e. The molecule has 8 nitrogen and oxygen atoms in total. The first-order valence-electron chi connectivity index (χ1n) is 10.8. The van der Waals surface area contributed by atoms with E-state index >= 15 is 0 Å². The third-order valence-corrected chi connectivity index (χ3v) is 5.83. The first-order chi connectivity index (χ1) is 16.5. The van der Waals surface area contributed by atoms with E-state index in [4.69, 9.17) is 10.00 Å². The lowest BCUT2D eigenvalue weighted by atomic mass is 10.0. The predicted octanol–water partition coefficient (Wildman–Crippen LogP) is 4.28. The Morgan fingerprint density at radius 1 is 1.12 bits per heavy atom. The van der Waals surface area contributed by atoms with E-state index < -0.39 is 0 Å². The van der Waals surface area contributed by atoms with E-state index in [1.807, 2.05) is 37.3 Å². The van der Waals surface area contributed by atoms with E-state index in [-0.39, 0.29) is 17.7 Å². The molecule has 2 aromatic heterocycles. The quantitative estimate of drug-likeness (QED) is 0.488. The van der Waals surface area contributed by atoms with Crippen LogP contribution >= 0.6 is 0 Å². The maximum Gasteiger partial charge on any atom is 0.255 e. The zero-order chi connectivity index (χ0) is 23.7. The topological polar surface area (TPSA) is 99.7 Å². The molecule has 1 aliphatic rings. The summed E-state index contributed by atoms with van der Waals surface area (Å²) in [4.78, 5) is 27.2. The highest BCUT2D eigenvalue weighted by Gasteiger charge is 2.33. The largest absolute Gasteiger partial charge is 0.455 e. The van der Waals surface area contributed by atoms with Gasteiger partial charge in [-0.1, -0.05) is 24.3 Å². The zero-order valence-electron chi connectivity index (χ0n) is 18.4. The minimum absolute atomic E-state index is 0.107. The molecule has 34 heavy (non-hydrogen) atoms. The van der Waals surface area contributed by atoms with Gasteiger partial charge in [-0.15, -0.1) is 0 Å². The Bertz CT molecular complexity index is 1430. The molecular formula is C26H21N5O3. The summed E-state index contributed by atoms with van der Waals surface area (Å²) in [6.45, 7) is 2.73. The Balaban J connectivity index is 1.40. The van der Waals surface area contributed by atoms with Crippen molar-refractivity contribution in [2.45, 2.75) is 6.92 Å². The van der Waals surface area contributed by atoms with E-state index in [9.17, 15) is 9.59 Å². The van der Waals surface area contributed by atoms with Crippen molar-refractivity contribution in [3.63, 3.8) is 0 Å². The number of nitrogens with zero attached hydrogens (tertiary/aromatic N) is 4. The Morgan fingerprint density at radius 2 is 1.91 bits per heavy atom. The van der Waals surface area contributed by atoms with E-state index in [0.717, 1.165) is 5.56 Å². The monoisotopic (exact) mass is 451 g/mol. The van der Waals surface area contributed by atoms with Gasteiger partial charge in [0, 0.05) is 36.6 Å². The van der Waals surface area contributed by atoms with Crippen molar-refractivity contribution in [1.29, 1.82) is 5.26 Å². The average Bonchev–Trinajstić information content (AvgIpc) is 3.16. The highest BCUT2D eigenvalue weighted by Crippen LogP contribution is 2.32. The van der Waals surface area contributed by atoms with Gasteiger partial charge in [0.1, 0.15) is 11.3 Å². The molecule has 0 unspecified atom stereocenters. The first kappa shape index (κ1) is 21.2. The summed E-state index contributed by atoms with van der Waals surface area (Å²) in [7, 11) is 0. The van der Waals surface area contributed by atoms with Crippen LogP contribution < -0.4 is 10.1 Å². The number of carbonyl (C=O) groups excluding carboxylic acids is 2. The van der Waals surface area contributed by atoms with E-state index in [0.29, 0.717) is 46.9 Å². The minimum atomic E-state index is -0.242. The van der Waals surface area contributed by atoms with E-state index in [2.05, 4.69) is 16.5 Å². The van der Waals surface area contributed by atoms with Crippen LogP contribution in [0, 0.1) is 24.2 Å². The van der Waals surface area contributed by atoms with Crippen LogP contribution in [0.25, 0.3) is 5.52 Å². The van der Waals surface area contributed by atoms with Crippen molar-refractivity contribution in [3.8, 4) is 17.6 Å². The maximum atomic E-state index is 12.9. The van der Waals surface area contributed by atoms with Crippen LogP contribution in [0.5, 0.6) is 11.5 Å². The van der Waals surface area contributed by atoms with Gasteiger partial charge in [0.25, 0.3) is 11.8 Å². The second-order valence-corrected chi connectivity index (χ2v) is 8.14. The van der Waals surface area contributed by atoms with Gasteiger partial charge in [0.15, 0.2) is 5.75 Å². The number of nitrogens with one attached hydrogen (secondary N) is 1. The van der Waals surface area contributed by atoms with Gasteiger partial charge in [-0.05, 0) is 42.8 Å². The molecule has 4 aromatic rings. The number of aryl methyl sites for hydroxylation is 1. The fourth-order valence-electron chi connectivity index (χ4n) is 3.97. The van der Waals surface area contributed by atoms with Crippen LogP contribution in [0.3, 0.4) is 0 Å². The number of amides is 2.